The van der Waals surface area contributed by atoms with E-state index in [-0.39, 0.29) is 18.0 Å². The van der Waals surface area contributed by atoms with Gasteiger partial charge in [0, 0.05) is 0 Å². The Morgan fingerprint density at radius 2 is 2.33 bits per heavy atom. The molecule has 0 saturated carbocycles. The lowest BCUT2D eigenvalue weighted by Gasteiger charge is -2.09. The lowest BCUT2D eigenvalue weighted by atomic mass is 10.3. The van der Waals surface area contributed by atoms with Gasteiger partial charge < -0.3 is 4.74 Å². The highest BCUT2D eigenvalue weighted by molar-refractivity contribution is 7.10. The molecule has 8 heteroatoms. The van der Waals surface area contributed by atoms with Crippen LogP contribution in [0.15, 0.2) is 5.51 Å². The van der Waals surface area contributed by atoms with E-state index in [1.807, 2.05) is 0 Å². The van der Waals surface area contributed by atoms with Crippen LogP contribution in [0.25, 0.3) is 0 Å². The SMILES string of the molecule is O=COCC(Cl)c1scnc1C(F)(F)F. The van der Waals surface area contributed by atoms with Crippen LogP contribution < -0.4 is 0 Å². The van der Waals surface area contributed by atoms with Gasteiger partial charge in [-0.2, -0.15) is 13.2 Å². The van der Waals surface area contributed by atoms with Crippen LogP contribution in [0.4, 0.5) is 13.2 Å². The van der Waals surface area contributed by atoms with Crippen LogP contribution in [0, 0.1) is 0 Å². The molecule has 0 aliphatic carbocycles. The first-order valence-electron chi connectivity index (χ1n) is 3.66. The summed E-state index contributed by atoms with van der Waals surface area (Å²) in [4.78, 5) is 12.9. The molecular formula is C7H5ClF3NO2S. The lowest BCUT2D eigenvalue weighted by Crippen LogP contribution is -2.11. The number of carbonyl (C=O) groups excluding carboxylic acids is 1. The summed E-state index contributed by atoms with van der Waals surface area (Å²) >= 11 is 6.40. The zero-order valence-corrected chi connectivity index (χ0v) is 8.70. The quantitative estimate of drug-likeness (QED) is 0.616. The van der Waals surface area contributed by atoms with E-state index >= 15 is 0 Å². The predicted octanol–water partition coefficient (Wildman–Crippen LogP) is 2.61. The third-order valence-electron chi connectivity index (χ3n) is 1.46. The zero-order chi connectivity index (χ0) is 11.5. The third kappa shape index (κ3) is 3.07. The smallest absolute Gasteiger partial charge is 0.434 e. The normalized spacial score (nSPS) is 13.6. The summed E-state index contributed by atoms with van der Waals surface area (Å²) < 4.78 is 41.3. The molecule has 1 unspecified atom stereocenters. The minimum atomic E-state index is -4.54. The van der Waals surface area contributed by atoms with E-state index in [9.17, 15) is 18.0 Å². The molecule has 0 radical (unpaired) electrons. The first-order chi connectivity index (χ1) is 6.96. The van der Waals surface area contributed by atoms with Crippen molar-refractivity contribution in [3.8, 4) is 0 Å². The number of alkyl halides is 4. The van der Waals surface area contributed by atoms with E-state index in [0.29, 0.717) is 0 Å². The van der Waals surface area contributed by atoms with Gasteiger partial charge in [0.15, 0.2) is 5.69 Å². The molecule has 0 N–H and O–H groups in total. The predicted molar refractivity (Wildman–Crippen MR) is 47.7 cm³/mol. The fourth-order valence-corrected chi connectivity index (χ4v) is 1.99. The Kier molecular flexibility index (Phi) is 3.92. The Bertz CT molecular complexity index is 341. The maximum atomic E-state index is 12.3. The standard InChI is InChI=1S/C7H5ClF3NO2S/c8-4(1-14-3-13)5-6(7(9,10)11)12-2-15-5/h2-4H,1H2. The van der Waals surface area contributed by atoms with Crippen molar-refractivity contribution in [2.24, 2.45) is 0 Å². The molecule has 0 aliphatic rings. The van der Waals surface area contributed by atoms with Crippen molar-refractivity contribution in [2.45, 2.75) is 11.6 Å². The van der Waals surface area contributed by atoms with E-state index in [1.165, 1.54) is 0 Å². The van der Waals surface area contributed by atoms with Gasteiger partial charge in [0.25, 0.3) is 6.47 Å². The second kappa shape index (κ2) is 4.80. The van der Waals surface area contributed by atoms with Gasteiger partial charge in [-0.1, -0.05) is 0 Å². The summed E-state index contributed by atoms with van der Waals surface area (Å²) in [7, 11) is 0. The van der Waals surface area contributed by atoms with Crippen LogP contribution in [0.1, 0.15) is 15.9 Å². The molecule has 0 fully saturated rings. The van der Waals surface area contributed by atoms with Gasteiger partial charge in [-0.25, -0.2) is 4.98 Å². The van der Waals surface area contributed by atoms with E-state index in [0.717, 1.165) is 16.8 Å². The molecule has 84 valence electrons. The number of thiazole rings is 1. The molecule has 1 atom stereocenters. The average Bonchev–Trinajstić information content (AvgIpc) is 2.61. The molecule has 1 rings (SSSR count). The van der Waals surface area contributed by atoms with Gasteiger partial charge in [-0.15, -0.1) is 22.9 Å². The highest BCUT2D eigenvalue weighted by Gasteiger charge is 2.38. The van der Waals surface area contributed by atoms with Gasteiger partial charge in [0.2, 0.25) is 0 Å². The van der Waals surface area contributed by atoms with E-state index in [4.69, 9.17) is 11.6 Å². The third-order valence-corrected chi connectivity index (χ3v) is 2.87. The van der Waals surface area contributed by atoms with Crippen LogP contribution in [-0.2, 0) is 15.7 Å². The van der Waals surface area contributed by atoms with Crippen molar-refractivity contribution in [3.05, 3.63) is 16.1 Å². The van der Waals surface area contributed by atoms with Crippen LogP contribution in [0.2, 0.25) is 0 Å². The largest absolute Gasteiger partial charge is 0.466 e. The molecular weight excluding hydrogens is 255 g/mol. The first-order valence-corrected chi connectivity index (χ1v) is 4.98. The molecule has 1 heterocycles. The second-order valence-corrected chi connectivity index (χ2v) is 3.87. The van der Waals surface area contributed by atoms with E-state index < -0.39 is 17.2 Å². The zero-order valence-electron chi connectivity index (χ0n) is 7.12. The number of rotatable bonds is 4. The summed E-state index contributed by atoms with van der Waals surface area (Å²) in [6.07, 6.45) is -4.54. The Morgan fingerprint density at radius 3 is 2.87 bits per heavy atom. The van der Waals surface area contributed by atoms with Gasteiger partial charge >= 0.3 is 6.18 Å². The Hall–Kier alpha value is -0.820. The molecule has 0 spiro atoms. The van der Waals surface area contributed by atoms with E-state index in [1.54, 1.807) is 0 Å². The lowest BCUT2D eigenvalue weighted by molar-refractivity contribution is -0.141. The number of aromatic nitrogens is 1. The van der Waals surface area contributed by atoms with Crippen molar-refractivity contribution in [3.63, 3.8) is 0 Å². The molecule has 1 aromatic rings. The first kappa shape index (κ1) is 12.3. The van der Waals surface area contributed by atoms with Crippen molar-refractivity contribution in [2.75, 3.05) is 6.61 Å². The van der Waals surface area contributed by atoms with Gasteiger partial charge in [0.05, 0.1) is 10.4 Å². The highest BCUT2D eigenvalue weighted by atomic mass is 35.5. The van der Waals surface area contributed by atoms with Crippen LogP contribution >= 0.6 is 22.9 Å². The molecule has 1 aromatic heterocycles. The Morgan fingerprint density at radius 1 is 1.67 bits per heavy atom. The molecule has 0 aliphatic heterocycles. The highest BCUT2D eigenvalue weighted by Crippen LogP contribution is 2.37. The number of hydrogen-bond acceptors (Lipinski definition) is 4. The minimum absolute atomic E-state index is 0.129. The van der Waals surface area contributed by atoms with Crippen LogP contribution in [0.5, 0.6) is 0 Å². The van der Waals surface area contributed by atoms with Gasteiger partial charge in [0.1, 0.15) is 12.0 Å². The van der Waals surface area contributed by atoms with Crippen molar-refractivity contribution >= 4 is 29.4 Å². The number of ether oxygens (including phenoxy) is 1. The Labute approximate surface area is 91.8 Å². The summed E-state index contributed by atoms with van der Waals surface area (Å²) in [6, 6.07) is 0. The van der Waals surface area contributed by atoms with Crippen molar-refractivity contribution in [1.29, 1.82) is 0 Å². The van der Waals surface area contributed by atoms with Gasteiger partial charge in [-0.05, 0) is 0 Å². The summed E-state index contributed by atoms with van der Waals surface area (Å²) in [5.74, 6) is 0. The molecule has 15 heavy (non-hydrogen) atoms. The molecule has 0 saturated heterocycles. The van der Waals surface area contributed by atoms with Crippen LogP contribution in [-0.4, -0.2) is 18.1 Å². The summed E-state index contributed by atoms with van der Waals surface area (Å²) in [6.45, 7) is -0.181. The number of hydrogen-bond donors (Lipinski definition) is 0. The monoisotopic (exact) mass is 259 g/mol. The topological polar surface area (TPSA) is 39.2 Å². The average molecular weight is 260 g/mol. The Balaban J connectivity index is 2.85. The van der Waals surface area contributed by atoms with Crippen molar-refractivity contribution in [1.82, 2.24) is 4.98 Å². The fourth-order valence-electron chi connectivity index (χ4n) is 0.890. The summed E-state index contributed by atoms with van der Waals surface area (Å²) in [5, 5.41) is -1.03. The fraction of sp³-hybridized carbons (Fsp3) is 0.429. The maximum Gasteiger partial charge on any atom is 0.434 e. The minimum Gasteiger partial charge on any atom is -0.466 e. The van der Waals surface area contributed by atoms with Crippen LogP contribution in [0.3, 0.4) is 0 Å². The number of halogens is 4. The number of carbonyl (C=O) groups is 1. The van der Waals surface area contributed by atoms with Crippen molar-refractivity contribution < 1.29 is 22.7 Å². The maximum absolute atomic E-state index is 12.3. The summed E-state index contributed by atoms with van der Waals surface area (Å²) in [5.41, 5.74) is 0.0241. The molecule has 0 aromatic carbocycles. The van der Waals surface area contributed by atoms with E-state index in [2.05, 4.69) is 9.72 Å². The number of nitrogens with zero attached hydrogens (tertiary/aromatic N) is 1. The molecule has 0 amide bonds. The molecule has 0 bridgehead atoms. The molecule has 3 nitrogen and oxygen atoms in total. The van der Waals surface area contributed by atoms with Gasteiger partial charge in [-0.3, -0.25) is 4.79 Å². The second-order valence-electron chi connectivity index (χ2n) is 2.46.